The predicted octanol–water partition coefficient (Wildman–Crippen LogP) is 4.54. The number of likely N-dealkylation sites (tertiary alicyclic amines) is 1. The highest BCUT2D eigenvalue weighted by Crippen LogP contribution is 2.31. The lowest BCUT2D eigenvalue weighted by atomic mass is 10.0. The van der Waals surface area contributed by atoms with Gasteiger partial charge in [-0.25, -0.2) is 0 Å². The van der Waals surface area contributed by atoms with Crippen molar-refractivity contribution in [3.8, 4) is 17.2 Å². The number of rotatable bonds is 9. The van der Waals surface area contributed by atoms with Gasteiger partial charge in [-0.2, -0.15) is 8.78 Å². The van der Waals surface area contributed by atoms with Crippen LogP contribution >= 0.6 is 0 Å². The van der Waals surface area contributed by atoms with Crippen LogP contribution in [-0.4, -0.2) is 44.7 Å². The number of nitrogens with one attached hydrogen (secondary N) is 1. The number of methoxy groups -OCH3 is 2. The van der Waals surface area contributed by atoms with Crippen molar-refractivity contribution in [2.24, 2.45) is 0 Å². The molecular formula is C24H30F2N2O4. The molecule has 0 spiro atoms. The first-order chi connectivity index (χ1) is 15.5. The number of hydrogen-bond acceptors (Lipinski definition) is 5. The van der Waals surface area contributed by atoms with Crippen LogP contribution in [0.4, 0.5) is 8.78 Å². The summed E-state index contributed by atoms with van der Waals surface area (Å²) in [5.74, 6) is 0.887. The molecule has 32 heavy (non-hydrogen) atoms. The first-order valence-electron chi connectivity index (χ1n) is 10.8. The Balaban J connectivity index is 1.61. The molecule has 1 amide bonds. The molecule has 1 aliphatic heterocycles. The van der Waals surface area contributed by atoms with E-state index in [1.165, 1.54) is 18.7 Å². The van der Waals surface area contributed by atoms with E-state index in [1.807, 2.05) is 12.1 Å². The van der Waals surface area contributed by atoms with Gasteiger partial charge in [0.15, 0.2) is 11.5 Å². The summed E-state index contributed by atoms with van der Waals surface area (Å²) in [6, 6.07) is 12.8. The highest BCUT2D eigenvalue weighted by Gasteiger charge is 2.24. The zero-order chi connectivity index (χ0) is 22.9. The summed E-state index contributed by atoms with van der Waals surface area (Å²) < 4.78 is 39.8. The van der Waals surface area contributed by atoms with Crippen LogP contribution < -0.4 is 19.5 Å². The molecule has 1 N–H and O–H groups in total. The molecular weight excluding hydrogens is 418 g/mol. The Morgan fingerprint density at radius 3 is 2.53 bits per heavy atom. The maximum atomic E-state index is 12.7. The molecule has 0 saturated carbocycles. The smallest absolute Gasteiger partial charge is 0.387 e. The molecule has 1 atom stereocenters. The number of alkyl halides is 2. The summed E-state index contributed by atoms with van der Waals surface area (Å²) in [6.07, 6.45) is 4.34. The number of hydrogen-bond donors (Lipinski definition) is 1. The quantitative estimate of drug-likeness (QED) is 0.610. The van der Waals surface area contributed by atoms with Crippen LogP contribution in [0.1, 0.15) is 42.9 Å². The van der Waals surface area contributed by atoms with E-state index in [0.29, 0.717) is 6.54 Å². The van der Waals surface area contributed by atoms with Crippen molar-refractivity contribution in [1.82, 2.24) is 10.2 Å². The van der Waals surface area contributed by atoms with E-state index < -0.39 is 6.61 Å². The van der Waals surface area contributed by atoms with Gasteiger partial charge in [-0.1, -0.05) is 31.0 Å². The number of carbonyl (C=O) groups is 1. The number of amides is 1. The fourth-order valence-corrected chi connectivity index (χ4v) is 4.02. The first-order valence-corrected chi connectivity index (χ1v) is 10.8. The minimum atomic E-state index is -2.93. The summed E-state index contributed by atoms with van der Waals surface area (Å²) in [7, 11) is 3.03. The van der Waals surface area contributed by atoms with E-state index in [2.05, 4.69) is 27.1 Å². The second kappa shape index (κ2) is 11.7. The van der Waals surface area contributed by atoms with Crippen LogP contribution in [0.2, 0.25) is 0 Å². The second-order valence-corrected chi connectivity index (χ2v) is 7.75. The van der Waals surface area contributed by atoms with Gasteiger partial charge in [0.05, 0.1) is 20.8 Å². The first kappa shape index (κ1) is 23.8. The molecule has 1 saturated heterocycles. The van der Waals surface area contributed by atoms with Crippen molar-refractivity contribution in [1.29, 1.82) is 0 Å². The van der Waals surface area contributed by atoms with Gasteiger partial charge in [0.2, 0.25) is 5.91 Å². The fraction of sp³-hybridized carbons (Fsp3) is 0.458. The Bertz CT molecular complexity index is 877. The van der Waals surface area contributed by atoms with Crippen LogP contribution in [0.25, 0.3) is 0 Å². The van der Waals surface area contributed by atoms with E-state index in [0.717, 1.165) is 43.5 Å². The van der Waals surface area contributed by atoms with Crippen molar-refractivity contribution < 1.29 is 27.8 Å². The van der Waals surface area contributed by atoms with E-state index in [4.69, 9.17) is 9.47 Å². The maximum Gasteiger partial charge on any atom is 0.387 e. The van der Waals surface area contributed by atoms with Gasteiger partial charge >= 0.3 is 6.61 Å². The zero-order valence-electron chi connectivity index (χ0n) is 18.5. The van der Waals surface area contributed by atoms with Crippen molar-refractivity contribution in [3.05, 3.63) is 53.6 Å². The summed E-state index contributed by atoms with van der Waals surface area (Å²) in [5.41, 5.74) is 1.92. The Hall–Kier alpha value is -2.87. The monoisotopic (exact) mass is 448 g/mol. The molecule has 0 aromatic heterocycles. The van der Waals surface area contributed by atoms with Crippen LogP contribution in [0.15, 0.2) is 42.5 Å². The lowest BCUT2D eigenvalue weighted by molar-refractivity contribution is -0.123. The third kappa shape index (κ3) is 6.56. The van der Waals surface area contributed by atoms with Crippen molar-refractivity contribution in [2.75, 3.05) is 27.3 Å². The van der Waals surface area contributed by atoms with Crippen LogP contribution in [0.5, 0.6) is 17.2 Å². The number of ether oxygens (including phenoxy) is 3. The summed E-state index contributed by atoms with van der Waals surface area (Å²) in [4.78, 5) is 14.9. The molecule has 1 fully saturated rings. The van der Waals surface area contributed by atoms with Gasteiger partial charge in [-0.15, -0.1) is 0 Å². The van der Waals surface area contributed by atoms with Gasteiger partial charge in [-0.3, -0.25) is 9.69 Å². The van der Waals surface area contributed by atoms with Crippen LogP contribution in [0.3, 0.4) is 0 Å². The van der Waals surface area contributed by atoms with E-state index >= 15 is 0 Å². The summed E-state index contributed by atoms with van der Waals surface area (Å²) in [5, 5.41) is 2.92. The molecule has 1 aliphatic rings. The molecule has 0 unspecified atom stereocenters. The van der Waals surface area contributed by atoms with Gasteiger partial charge in [-0.05, 0) is 54.8 Å². The topological polar surface area (TPSA) is 60.0 Å². The van der Waals surface area contributed by atoms with Crippen molar-refractivity contribution in [2.45, 2.75) is 44.9 Å². The lowest BCUT2D eigenvalue weighted by Crippen LogP contribution is -2.39. The normalized spacial score (nSPS) is 17.0. The van der Waals surface area contributed by atoms with Crippen molar-refractivity contribution in [3.63, 3.8) is 0 Å². The average molecular weight is 449 g/mol. The lowest BCUT2D eigenvalue weighted by Gasteiger charge is -2.30. The van der Waals surface area contributed by atoms with E-state index in [1.54, 1.807) is 19.2 Å². The Labute approximate surface area is 187 Å². The number of benzene rings is 2. The van der Waals surface area contributed by atoms with E-state index in [9.17, 15) is 13.6 Å². The summed E-state index contributed by atoms with van der Waals surface area (Å²) in [6.45, 7) is -1.51. The molecule has 0 bridgehead atoms. The third-order valence-corrected chi connectivity index (χ3v) is 5.64. The molecule has 8 heteroatoms. The Kier molecular flexibility index (Phi) is 8.67. The number of halogens is 2. The summed E-state index contributed by atoms with van der Waals surface area (Å²) >= 11 is 0. The van der Waals surface area contributed by atoms with Gasteiger partial charge in [0.25, 0.3) is 0 Å². The molecule has 2 aromatic rings. The molecule has 6 nitrogen and oxygen atoms in total. The van der Waals surface area contributed by atoms with Crippen LogP contribution in [-0.2, 0) is 11.3 Å². The predicted molar refractivity (Wildman–Crippen MR) is 117 cm³/mol. The highest BCUT2D eigenvalue weighted by atomic mass is 19.3. The Morgan fingerprint density at radius 1 is 1.06 bits per heavy atom. The zero-order valence-corrected chi connectivity index (χ0v) is 18.5. The Morgan fingerprint density at radius 2 is 1.84 bits per heavy atom. The molecule has 3 rings (SSSR count). The minimum absolute atomic E-state index is 0.0375. The van der Waals surface area contributed by atoms with Crippen molar-refractivity contribution >= 4 is 5.91 Å². The number of nitrogens with zero attached hydrogens (tertiary/aromatic N) is 1. The highest BCUT2D eigenvalue weighted by molar-refractivity contribution is 5.78. The van der Waals surface area contributed by atoms with Gasteiger partial charge in [0.1, 0.15) is 5.75 Å². The average Bonchev–Trinajstić information content (AvgIpc) is 3.03. The SMILES string of the molecule is COc1ccc([C@H]2CCCCCN2CC(=O)NCc2ccc(OC(F)F)c(OC)c2)cc1. The standard InChI is InChI=1S/C24H30F2N2O4/c1-30-19-10-8-18(9-11-19)20-6-4-3-5-13-28(20)16-23(29)27-15-17-7-12-21(32-24(25)26)22(14-17)31-2/h7-12,14,20,24H,3-6,13,15-16H2,1-2H3,(H,27,29)/t20-/m1/s1. The molecule has 1 heterocycles. The van der Waals surface area contributed by atoms with Gasteiger partial charge < -0.3 is 19.5 Å². The van der Waals surface area contributed by atoms with Gasteiger partial charge in [0, 0.05) is 12.6 Å². The largest absolute Gasteiger partial charge is 0.497 e. The second-order valence-electron chi connectivity index (χ2n) is 7.75. The third-order valence-electron chi connectivity index (χ3n) is 5.64. The maximum absolute atomic E-state index is 12.7. The minimum Gasteiger partial charge on any atom is -0.497 e. The molecule has 2 aromatic carbocycles. The van der Waals surface area contributed by atoms with E-state index in [-0.39, 0.29) is 30.0 Å². The van der Waals surface area contributed by atoms with Crippen LogP contribution in [0, 0.1) is 0 Å². The molecule has 0 radical (unpaired) electrons. The fourth-order valence-electron chi connectivity index (χ4n) is 4.02. The molecule has 0 aliphatic carbocycles. The number of carbonyl (C=O) groups excluding carboxylic acids is 1. The molecule has 174 valence electrons.